The minimum absolute atomic E-state index is 0.334. The summed E-state index contributed by atoms with van der Waals surface area (Å²) in [5.74, 6) is -3.03. The van der Waals surface area contributed by atoms with Gasteiger partial charge < -0.3 is 15.2 Å². The van der Waals surface area contributed by atoms with Gasteiger partial charge in [-0.1, -0.05) is 36.7 Å². The molecule has 2 unspecified atom stereocenters. The first kappa shape index (κ1) is 14.9. The third-order valence-electron chi connectivity index (χ3n) is 4.16. The smallest absolute Gasteiger partial charge is 0.321 e. The highest BCUT2D eigenvalue weighted by atomic mass is 32.2. The van der Waals surface area contributed by atoms with Crippen LogP contribution in [0.2, 0.25) is 0 Å². The molecule has 7 heteroatoms. The number of benzene rings is 1. The first-order chi connectivity index (χ1) is 10.5. The van der Waals surface area contributed by atoms with Crippen molar-refractivity contribution in [3.05, 3.63) is 24.3 Å². The van der Waals surface area contributed by atoms with Crippen molar-refractivity contribution in [3.63, 3.8) is 0 Å². The zero-order chi connectivity index (χ0) is 15.7. The zero-order valence-electron chi connectivity index (χ0n) is 11.8. The Balaban J connectivity index is 1.99. The fourth-order valence-electron chi connectivity index (χ4n) is 3.04. The normalized spacial score (nSPS) is 25.2. The third kappa shape index (κ3) is 2.45. The number of hydrogen-bond donors (Lipinski definition) is 3. The number of thioether (sulfide) groups is 1. The average Bonchev–Trinajstić information content (AvgIpc) is 2.89. The number of rotatable bonds is 4. The molecule has 6 nitrogen and oxygen atoms in total. The van der Waals surface area contributed by atoms with Gasteiger partial charge in [0.2, 0.25) is 0 Å². The molecule has 1 heterocycles. The summed E-state index contributed by atoms with van der Waals surface area (Å²) < 4.78 is -1.36. The molecule has 0 amide bonds. The first-order valence-corrected chi connectivity index (χ1v) is 7.94. The summed E-state index contributed by atoms with van der Waals surface area (Å²) in [6.45, 7) is 0. The molecule has 0 aliphatic heterocycles. The molecule has 2 aromatic rings. The topological polar surface area (TPSA) is 103 Å². The Labute approximate surface area is 130 Å². The summed E-state index contributed by atoms with van der Waals surface area (Å²) in [5, 5.41) is 19.6. The lowest BCUT2D eigenvalue weighted by Gasteiger charge is -2.36. The Hall–Kier alpha value is -2.02. The van der Waals surface area contributed by atoms with E-state index in [1.165, 1.54) is 0 Å². The number of H-pyrrole nitrogens is 1. The van der Waals surface area contributed by atoms with Crippen LogP contribution in [-0.2, 0) is 9.59 Å². The number of carboxylic acid groups (broad SMARTS) is 2. The first-order valence-electron chi connectivity index (χ1n) is 7.13. The molecule has 0 radical (unpaired) electrons. The predicted molar refractivity (Wildman–Crippen MR) is 81.9 cm³/mol. The van der Waals surface area contributed by atoms with E-state index in [9.17, 15) is 19.8 Å². The number of aromatic amines is 1. The van der Waals surface area contributed by atoms with Crippen LogP contribution in [0.5, 0.6) is 0 Å². The van der Waals surface area contributed by atoms with E-state index in [1.54, 1.807) is 0 Å². The van der Waals surface area contributed by atoms with E-state index in [-0.39, 0.29) is 0 Å². The van der Waals surface area contributed by atoms with Gasteiger partial charge in [0.25, 0.3) is 0 Å². The highest BCUT2D eigenvalue weighted by molar-refractivity contribution is 8.01. The lowest BCUT2D eigenvalue weighted by molar-refractivity contribution is -0.153. The molecule has 116 valence electrons. The minimum atomic E-state index is -1.36. The van der Waals surface area contributed by atoms with Gasteiger partial charge in [0.05, 0.1) is 17.0 Å². The maximum Gasteiger partial charge on any atom is 0.321 e. The van der Waals surface area contributed by atoms with E-state index in [1.807, 2.05) is 24.3 Å². The van der Waals surface area contributed by atoms with E-state index < -0.39 is 22.6 Å². The molecule has 1 fully saturated rings. The van der Waals surface area contributed by atoms with Gasteiger partial charge in [-0.2, -0.15) is 0 Å². The summed E-state index contributed by atoms with van der Waals surface area (Å²) in [6.07, 6.45) is 2.17. The predicted octanol–water partition coefficient (Wildman–Crippen LogP) is 2.75. The van der Waals surface area contributed by atoms with Crippen LogP contribution in [0.15, 0.2) is 29.4 Å². The van der Waals surface area contributed by atoms with E-state index in [0.717, 1.165) is 29.2 Å². The van der Waals surface area contributed by atoms with Crippen molar-refractivity contribution in [2.24, 2.45) is 5.92 Å². The standard InChI is InChI=1S/C15H16N2O4S/c18-12(19)9-5-3-4-8-15(9,13(20)21)22-14-16-10-6-1-2-7-11(10)17-14/h1-2,6-7,9H,3-5,8H2,(H,16,17)(H,18,19)(H,20,21). The summed E-state index contributed by atoms with van der Waals surface area (Å²) in [6, 6.07) is 7.40. The number of fused-ring (bicyclic) bond motifs is 1. The quantitative estimate of drug-likeness (QED) is 0.800. The molecular weight excluding hydrogens is 304 g/mol. The summed E-state index contributed by atoms with van der Waals surface area (Å²) in [4.78, 5) is 30.9. The number of nitrogens with zero attached hydrogens (tertiary/aromatic N) is 1. The largest absolute Gasteiger partial charge is 0.481 e. The molecule has 22 heavy (non-hydrogen) atoms. The molecule has 1 aliphatic rings. The molecule has 0 saturated heterocycles. The SMILES string of the molecule is O=C(O)C1CCCCC1(Sc1nc2ccccc2[nH]1)C(=O)O. The van der Waals surface area contributed by atoms with Crippen molar-refractivity contribution in [1.29, 1.82) is 0 Å². The highest BCUT2D eigenvalue weighted by Crippen LogP contribution is 2.47. The van der Waals surface area contributed by atoms with Gasteiger partial charge in [-0.3, -0.25) is 9.59 Å². The van der Waals surface area contributed by atoms with Crippen LogP contribution < -0.4 is 0 Å². The molecule has 1 saturated carbocycles. The van der Waals surface area contributed by atoms with Crippen LogP contribution in [0.1, 0.15) is 25.7 Å². The molecule has 2 atom stereocenters. The molecular formula is C15H16N2O4S. The second-order valence-corrected chi connectivity index (χ2v) is 6.81. The van der Waals surface area contributed by atoms with Gasteiger partial charge in [-0.25, -0.2) is 4.98 Å². The van der Waals surface area contributed by atoms with Gasteiger partial charge in [0.1, 0.15) is 4.75 Å². The molecule has 1 aromatic carbocycles. The van der Waals surface area contributed by atoms with Crippen LogP contribution >= 0.6 is 11.8 Å². The number of carboxylic acids is 2. The number of para-hydroxylation sites is 2. The Bertz CT molecular complexity index is 696. The third-order valence-corrected chi connectivity index (χ3v) is 5.57. The van der Waals surface area contributed by atoms with Gasteiger partial charge in [-0.05, 0) is 25.0 Å². The number of hydrogen-bond acceptors (Lipinski definition) is 4. The number of carbonyl (C=O) groups is 2. The minimum Gasteiger partial charge on any atom is -0.481 e. The number of nitrogens with one attached hydrogen (secondary N) is 1. The van der Waals surface area contributed by atoms with Crippen molar-refractivity contribution in [2.75, 3.05) is 0 Å². The van der Waals surface area contributed by atoms with Crippen molar-refractivity contribution in [2.45, 2.75) is 35.6 Å². The van der Waals surface area contributed by atoms with Gasteiger partial charge in [-0.15, -0.1) is 0 Å². The van der Waals surface area contributed by atoms with Crippen LogP contribution in [0.25, 0.3) is 11.0 Å². The van der Waals surface area contributed by atoms with E-state index in [2.05, 4.69) is 9.97 Å². The Kier molecular flexibility index (Phi) is 3.82. The van der Waals surface area contributed by atoms with E-state index in [4.69, 9.17) is 0 Å². The fourth-order valence-corrected chi connectivity index (χ4v) is 4.38. The van der Waals surface area contributed by atoms with E-state index in [0.29, 0.717) is 24.4 Å². The number of imidazole rings is 1. The van der Waals surface area contributed by atoms with Crippen LogP contribution in [-0.4, -0.2) is 36.9 Å². The van der Waals surface area contributed by atoms with Crippen LogP contribution in [0.3, 0.4) is 0 Å². The molecule has 0 spiro atoms. The number of aliphatic carboxylic acids is 2. The zero-order valence-corrected chi connectivity index (χ0v) is 12.6. The van der Waals surface area contributed by atoms with Crippen LogP contribution in [0.4, 0.5) is 0 Å². The van der Waals surface area contributed by atoms with Gasteiger partial charge >= 0.3 is 11.9 Å². The van der Waals surface area contributed by atoms with E-state index >= 15 is 0 Å². The molecule has 1 aliphatic carbocycles. The number of aromatic nitrogens is 2. The highest BCUT2D eigenvalue weighted by Gasteiger charge is 2.52. The summed E-state index contributed by atoms with van der Waals surface area (Å²) >= 11 is 1.04. The molecule has 3 N–H and O–H groups in total. The lowest BCUT2D eigenvalue weighted by atomic mass is 9.78. The monoisotopic (exact) mass is 320 g/mol. The van der Waals surface area contributed by atoms with Crippen LogP contribution in [0, 0.1) is 5.92 Å². The second kappa shape index (κ2) is 5.64. The second-order valence-electron chi connectivity index (χ2n) is 5.49. The Morgan fingerprint density at radius 3 is 2.73 bits per heavy atom. The van der Waals surface area contributed by atoms with Crippen molar-refractivity contribution in [3.8, 4) is 0 Å². The van der Waals surface area contributed by atoms with Crippen molar-refractivity contribution < 1.29 is 19.8 Å². The maximum atomic E-state index is 11.9. The van der Waals surface area contributed by atoms with Gasteiger partial charge in [0.15, 0.2) is 5.16 Å². The maximum absolute atomic E-state index is 11.9. The van der Waals surface area contributed by atoms with Gasteiger partial charge in [0, 0.05) is 0 Å². The molecule has 3 rings (SSSR count). The Morgan fingerprint density at radius 1 is 1.27 bits per heavy atom. The Morgan fingerprint density at radius 2 is 2.05 bits per heavy atom. The van der Waals surface area contributed by atoms with Crippen molar-refractivity contribution >= 4 is 34.7 Å². The lowest BCUT2D eigenvalue weighted by Crippen LogP contribution is -2.48. The fraction of sp³-hybridized carbons (Fsp3) is 0.400. The molecule has 0 bridgehead atoms. The molecule has 1 aromatic heterocycles. The van der Waals surface area contributed by atoms with Crippen molar-refractivity contribution in [1.82, 2.24) is 9.97 Å². The average molecular weight is 320 g/mol. The summed E-state index contributed by atoms with van der Waals surface area (Å²) in [7, 11) is 0. The summed E-state index contributed by atoms with van der Waals surface area (Å²) in [5.41, 5.74) is 1.56.